The van der Waals surface area contributed by atoms with Crippen LogP contribution in [0.4, 0.5) is 0 Å². The number of para-hydroxylation sites is 1. The Bertz CT molecular complexity index is 891. The third-order valence-corrected chi connectivity index (χ3v) is 3.67. The number of rotatable bonds is 4. The molecule has 0 aliphatic rings. The standard InChI is InChI=1S/C18H16N2O3/c1-22-15-9-7-12(10-16(15)23-2)14-8-6-11-4-3-5-13(18(19)21)17(11)20-14/h3-10H,1-2H3,(H2,19,21). The van der Waals surface area contributed by atoms with Crippen LogP contribution in [0.15, 0.2) is 48.5 Å². The minimum Gasteiger partial charge on any atom is -0.493 e. The van der Waals surface area contributed by atoms with Crippen molar-refractivity contribution in [3.05, 3.63) is 54.1 Å². The van der Waals surface area contributed by atoms with Gasteiger partial charge < -0.3 is 15.2 Å². The van der Waals surface area contributed by atoms with Crippen molar-refractivity contribution >= 4 is 16.8 Å². The number of pyridine rings is 1. The maximum Gasteiger partial charge on any atom is 0.250 e. The Hall–Kier alpha value is -3.08. The lowest BCUT2D eigenvalue weighted by atomic mass is 10.1. The average molecular weight is 308 g/mol. The van der Waals surface area contributed by atoms with Gasteiger partial charge in [-0.05, 0) is 30.3 Å². The van der Waals surface area contributed by atoms with E-state index in [0.717, 1.165) is 16.6 Å². The number of amides is 1. The zero-order valence-electron chi connectivity index (χ0n) is 12.9. The van der Waals surface area contributed by atoms with Gasteiger partial charge in [0, 0.05) is 10.9 Å². The Kier molecular flexibility index (Phi) is 3.85. The molecule has 0 radical (unpaired) electrons. The molecule has 5 nitrogen and oxygen atoms in total. The number of fused-ring (bicyclic) bond motifs is 1. The smallest absolute Gasteiger partial charge is 0.250 e. The lowest BCUT2D eigenvalue weighted by Crippen LogP contribution is -2.11. The van der Waals surface area contributed by atoms with E-state index in [1.165, 1.54) is 0 Å². The molecule has 0 aliphatic heterocycles. The number of ether oxygens (including phenoxy) is 2. The largest absolute Gasteiger partial charge is 0.493 e. The molecule has 2 N–H and O–H groups in total. The maximum absolute atomic E-state index is 11.6. The number of hydrogen-bond donors (Lipinski definition) is 1. The molecular weight excluding hydrogens is 292 g/mol. The summed E-state index contributed by atoms with van der Waals surface area (Å²) in [6.07, 6.45) is 0. The second-order valence-corrected chi connectivity index (χ2v) is 5.01. The van der Waals surface area contributed by atoms with Crippen molar-refractivity contribution in [1.82, 2.24) is 4.98 Å². The number of carbonyl (C=O) groups excluding carboxylic acids is 1. The highest BCUT2D eigenvalue weighted by atomic mass is 16.5. The lowest BCUT2D eigenvalue weighted by molar-refractivity contribution is 0.100. The third kappa shape index (κ3) is 2.68. The Morgan fingerprint density at radius 3 is 2.48 bits per heavy atom. The molecule has 0 fully saturated rings. The van der Waals surface area contributed by atoms with E-state index in [1.807, 2.05) is 36.4 Å². The van der Waals surface area contributed by atoms with Gasteiger partial charge in [0.25, 0.3) is 5.91 Å². The number of carbonyl (C=O) groups is 1. The highest BCUT2D eigenvalue weighted by molar-refractivity contribution is 6.05. The molecule has 0 atom stereocenters. The quantitative estimate of drug-likeness (QED) is 0.804. The fourth-order valence-corrected chi connectivity index (χ4v) is 2.50. The molecule has 0 unspecified atom stereocenters. The fourth-order valence-electron chi connectivity index (χ4n) is 2.50. The molecule has 0 saturated heterocycles. The molecular formula is C18H16N2O3. The van der Waals surface area contributed by atoms with Crippen LogP contribution in [0.2, 0.25) is 0 Å². The Labute approximate surface area is 133 Å². The molecule has 0 aliphatic carbocycles. The lowest BCUT2D eigenvalue weighted by Gasteiger charge is -2.10. The van der Waals surface area contributed by atoms with Crippen molar-refractivity contribution in [2.75, 3.05) is 14.2 Å². The van der Waals surface area contributed by atoms with Crippen LogP contribution in [-0.2, 0) is 0 Å². The van der Waals surface area contributed by atoms with Crippen molar-refractivity contribution in [3.63, 3.8) is 0 Å². The van der Waals surface area contributed by atoms with Gasteiger partial charge in [-0.25, -0.2) is 4.98 Å². The van der Waals surface area contributed by atoms with Crippen molar-refractivity contribution in [3.8, 4) is 22.8 Å². The van der Waals surface area contributed by atoms with Crippen LogP contribution in [0.25, 0.3) is 22.2 Å². The van der Waals surface area contributed by atoms with Gasteiger partial charge in [-0.3, -0.25) is 4.79 Å². The van der Waals surface area contributed by atoms with E-state index in [2.05, 4.69) is 4.98 Å². The first-order chi connectivity index (χ1) is 11.1. The van der Waals surface area contributed by atoms with E-state index in [0.29, 0.717) is 22.6 Å². The van der Waals surface area contributed by atoms with Gasteiger partial charge in [-0.15, -0.1) is 0 Å². The van der Waals surface area contributed by atoms with Crippen molar-refractivity contribution in [2.45, 2.75) is 0 Å². The molecule has 0 spiro atoms. The summed E-state index contributed by atoms with van der Waals surface area (Å²) in [5.74, 6) is 0.775. The first-order valence-electron chi connectivity index (χ1n) is 7.06. The molecule has 5 heteroatoms. The van der Waals surface area contributed by atoms with Gasteiger partial charge in [0.2, 0.25) is 0 Å². The minimum absolute atomic E-state index is 0.407. The highest BCUT2D eigenvalue weighted by Gasteiger charge is 2.11. The number of nitrogens with two attached hydrogens (primary N) is 1. The molecule has 1 amide bonds. The summed E-state index contributed by atoms with van der Waals surface area (Å²) >= 11 is 0. The van der Waals surface area contributed by atoms with Gasteiger partial charge in [0.05, 0.1) is 31.0 Å². The molecule has 23 heavy (non-hydrogen) atoms. The van der Waals surface area contributed by atoms with Crippen LogP contribution >= 0.6 is 0 Å². The molecule has 0 saturated carbocycles. The number of benzene rings is 2. The number of primary amides is 1. The van der Waals surface area contributed by atoms with E-state index in [9.17, 15) is 4.79 Å². The normalized spacial score (nSPS) is 10.5. The number of methoxy groups -OCH3 is 2. The second kappa shape index (κ2) is 5.96. The number of hydrogen-bond acceptors (Lipinski definition) is 4. The molecule has 2 aromatic carbocycles. The molecule has 0 bridgehead atoms. The van der Waals surface area contributed by atoms with Crippen molar-refractivity contribution in [1.29, 1.82) is 0 Å². The summed E-state index contributed by atoms with van der Waals surface area (Å²) in [5.41, 5.74) is 8.03. The number of aromatic nitrogens is 1. The second-order valence-electron chi connectivity index (χ2n) is 5.01. The molecule has 1 heterocycles. The van der Waals surface area contributed by atoms with E-state index < -0.39 is 5.91 Å². The maximum atomic E-state index is 11.6. The Morgan fingerprint density at radius 2 is 1.78 bits per heavy atom. The van der Waals surface area contributed by atoms with Crippen LogP contribution in [-0.4, -0.2) is 25.1 Å². The van der Waals surface area contributed by atoms with Gasteiger partial charge >= 0.3 is 0 Å². The predicted octanol–water partition coefficient (Wildman–Crippen LogP) is 3.02. The van der Waals surface area contributed by atoms with E-state index in [-0.39, 0.29) is 0 Å². The molecule has 1 aromatic heterocycles. The summed E-state index contributed by atoms with van der Waals surface area (Å²) in [5, 5.41) is 0.866. The minimum atomic E-state index is -0.493. The van der Waals surface area contributed by atoms with E-state index in [4.69, 9.17) is 15.2 Å². The number of nitrogens with zero attached hydrogens (tertiary/aromatic N) is 1. The third-order valence-electron chi connectivity index (χ3n) is 3.67. The van der Waals surface area contributed by atoms with Gasteiger partial charge in [0.1, 0.15) is 0 Å². The van der Waals surface area contributed by atoms with Crippen LogP contribution in [0, 0.1) is 0 Å². The topological polar surface area (TPSA) is 74.4 Å². The highest BCUT2D eigenvalue weighted by Crippen LogP contribution is 2.32. The van der Waals surface area contributed by atoms with Crippen LogP contribution in [0.1, 0.15) is 10.4 Å². The summed E-state index contributed by atoms with van der Waals surface area (Å²) < 4.78 is 10.6. The SMILES string of the molecule is COc1ccc(-c2ccc3cccc(C(N)=O)c3n2)cc1OC. The first-order valence-corrected chi connectivity index (χ1v) is 7.06. The fraction of sp³-hybridized carbons (Fsp3) is 0.111. The summed E-state index contributed by atoms with van der Waals surface area (Å²) in [7, 11) is 3.17. The monoisotopic (exact) mass is 308 g/mol. The van der Waals surface area contributed by atoms with Crippen LogP contribution in [0.5, 0.6) is 11.5 Å². The van der Waals surface area contributed by atoms with Gasteiger partial charge in [-0.1, -0.05) is 18.2 Å². The van der Waals surface area contributed by atoms with Crippen LogP contribution < -0.4 is 15.2 Å². The Morgan fingerprint density at radius 1 is 1.00 bits per heavy atom. The Balaban J connectivity index is 2.17. The predicted molar refractivity (Wildman–Crippen MR) is 88.8 cm³/mol. The van der Waals surface area contributed by atoms with Gasteiger partial charge in [0.15, 0.2) is 11.5 Å². The van der Waals surface area contributed by atoms with Crippen LogP contribution in [0.3, 0.4) is 0 Å². The van der Waals surface area contributed by atoms with E-state index >= 15 is 0 Å². The average Bonchev–Trinajstić information content (AvgIpc) is 2.59. The summed E-state index contributed by atoms with van der Waals surface area (Å²) in [6.45, 7) is 0. The molecule has 3 aromatic rings. The zero-order chi connectivity index (χ0) is 16.4. The first kappa shape index (κ1) is 14.8. The van der Waals surface area contributed by atoms with Crippen molar-refractivity contribution in [2.24, 2.45) is 5.73 Å². The molecule has 3 rings (SSSR count). The van der Waals surface area contributed by atoms with E-state index in [1.54, 1.807) is 26.4 Å². The van der Waals surface area contributed by atoms with Gasteiger partial charge in [-0.2, -0.15) is 0 Å². The van der Waals surface area contributed by atoms with Crippen molar-refractivity contribution < 1.29 is 14.3 Å². The summed E-state index contributed by atoms with van der Waals surface area (Å²) in [6, 6.07) is 14.7. The zero-order valence-corrected chi connectivity index (χ0v) is 12.9. The molecule has 116 valence electrons. The summed E-state index contributed by atoms with van der Waals surface area (Å²) in [4.78, 5) is 16.2.